The van der Waals surface area contributed by atoms with Crippen LogP contribution in [0, 0.1) is 0 Å². The molecule has 0 amide bonds. The molecule has 1 N–H and O–H groups in total. The molecule has 0 atom stereocenters. The quantitative estimate of drug-likeness (QED) is 0.756. The van der Waals surface area contributed by atoms with Crippen LogP contribution in [0.5, 0.6) is 5.75 Å². The molecule has 3 rings (SSSR count). The lowest BCUT2D eigenvalue weighted by Gasteiger charge is -2.07. The topological polar surface area (TPSA) is 72.6 Å². The molecule has 1 aromatic heterocycles. The van der Waals surface area contributed by atoms with Crippen molar-refractivity contribution in [2.45, 2.75) is 6.61 Å². The lowest BCUT2D eigenvalue weighted by atomic mass is 10.1. The van der Waals surface area contributed by atoms with E-state index in [0.29, 0.717) is 23.1 Å². The summed E-state index contributed by atoms with van der Waals surface area (Å²) in [4.78, 5) is 10.8. The van der Waals surface area contributed by atoms with E-state index in [0.717, 1.165) is 11.1 Å². The molecular formula is C17H12ClNO4. The average Bonchev–Trinajstić information content (AvgIpc) is 3.04. The van der Waals surface area contributed by atoms with Crippen LogP contribution in [0.1, 0.15) is 16.1 Å². The number of aromatic carboxylic acids is 1. The molecule has 0 saturated heterocycles. The van der Waals surface area contributed by atoms with Crippen LogP contribution in [0.15, 0.2) is 59.1 Å². The minimum absolute atomic E-state index is 0.193. The van der Waals surface area contributed by atoms with E-state index in [1.54, 1.807) is 24.3 Å². The van der Waals surface area contributed by atoms with Gasteiger partial charge in [-0.1, -0.05) is 28.9 Å². The highest BCUT2D eigenvalue weighted by atomic mass is 35.5. The van der Waals surface area contributed by atoms with Crippen molar-refractivity contribution in [1.29, 1.82) is 0 Å². The van der Waals surface area contributed by atoms with Gasteiger partial charge in [0, 0.05) is 16.7 Å². The molecule has 0 radical (unpaired) electrons. The van der Waals surface area contributed by atoms with Crippen LogP contribution in [0.4, 0.5) is 0 Å². The summed E-state index contributed by atoms with van der Waals surface area (Å²) in [6.07, 6.45) is 0. The van der Waals surface area contributed by atoms with Gasteiger partial charge in [-0.2, -0.15) is 0 Å². The minimum Gasteiger partial charge on any atom is -0.489 e. The second-order valence-corrected chi connectivity index (χ2v) is 5.26. The predicted molar refractivity (Wildman–Crippen MR) is 84.7 cm³/mol. The van der Waals surface area contributed by atoms with E-state index in [9.17, 15) is 4.79 Å². The molecule has 2 aromatic carbocycles. The van der Waals surface area contributed by atoms with Crippen LogP contribution in [0.25, 0.3) is 11.3 Å². The van der Waals surface area contributed by atoms with Gasteiger partial charge in [-0.05, 0) is 42.0 Å². The van der Waals surface area contributed by atoms with Gasteiger partial charge in [-0.25, -0.2) is 4.79 Å². The maximum absolute atomic E-state index is 10.8. The Morgan fingerprint density at radius 2 is 1.96 bits per heavy atom. The van der Waals surface area contributed by atoms with Crippen molar-refractivity contribution in [2.75, 3.05) is 0 Å². The molecule has 0 fully saturated rings. The summed E-state index contributed by atoms with van der Waals surface area (Å²) in [5, 5.41) is 13.2. The zero-order valence-electron chi connectivity index (χ0n) is 11.9. The van der Waals surface area contributed by atoms with Crippen molar-refractivity contribution in [3.05, 3.63) is 70.9 Å². The summed E-state index contributed by atoms with van der Waals surface area (Å²) < 4.78 is 10.4. The number of halogens is 1. The first-order valence-corrected chi connectivity index (χ1v) is 7.17. The van der Waals surface area contributed by atoms with Gasteiger partial charge < -0.3 is 14.4 Å². The summed E-state index contributed by atoms with van der Waals surface area (Å²) >= 11 is 5.93. The van der Waals surface area contributed by atoms with Gasteiger partial charge in [-0.15, -0.1) is 0 Å². The van der Waals surface area contributed by atoms with Crippen molar-refractivity contribution in [1.82, 2.24) is 5.16 Å². The number of aromatic nitrogens is 1. The van der Waals surface area contributed by atoms with Crippen LogP contribution in [0.2, 0.25) is 5.02 Å². The lowest BCUT2D eigenvalue weighted by molar-refractivity contribution is 0.0652. The van der Waals surface area contributed by atoms with Crippen LogP contribution in [0.3, 0.4) is 0 Å². The highest BCUT2D eigenvalue weighted by Crippen LogP contribution is 2.23. The highest BCUT2D eigenvalue weighted by molar-refractivity contribution is 6.30. The largest absolute Gasteiger partial charge is 0.489 e. The second-order valence-electron chi connectivity index (χ2n) is 4.82. The van der Waals surface area contributed by atoms with Crippen LogP contribution >= 0.6 is 11.6 Å². The van der Waals surface area contributed by atoms with E-state index in [1.165, 1.54) is 6.07 Å². The predicted octanol–water partition coefficient (Wildman–Crippen LogP) is 4.27. The number of nitrogens with zero attached hydrogens (tertiary/aromatic N) is 1. The Bertz CT molecular complexity index is 827. The number of hydrogen-bond donors (Lipinski definition) is 1. The molecule has 0 aliphatic heterocycles. The molecule has 0 saturated carbocycles. The normalized spacial score (nSPS) is 10.5. The Hall–Kier alpha value is -2.79. The fourth-order valence-corrected chi connectivity index (χ4v) is 2.24. The highest BCUT2D eigenvalue weighted by Gasteiger charge is 2.12. The first-order valence-electron chi connectivity index (χ1n) is 6.79. The Balaban J connectivity index is 1.68. The third kappa shape index (κ3) is 3.70. The third-order valence-electron chi connectivity index (χ3n) is 3.17. The maximum atomic E-state index is 10.8. The number of carboxylic acid groups (broad SMARTS) is 1. The van der Waals surface area contributed by atoms with E-state index in [2.05, 4.69) is 5.16 Å². The van der Waals surface area contributed by atoms with Crippen LogP contribution in [-0.2, 0) is 6.61 Å². The van der Waals surface area contributed by atoms with E-state index >= 15 is 0 Å². The van der Waals surface area contributed by atoms with Gasteiger partial charge in [-0.3, -0.25) is 0 Å². The van der Waals surface area contributed by atoms with Crippen molar-refractivity contribution in [3.63, 3.8) is 0 Å². The van der Waals surface area contributed by atoms with Crippen molar-refractivity contribution in [3.8, 4) is 17.0 Å². The Labute approximate surface area is 137 Å². The Morgan fingerprint density at radius 3 is 2.61 bits per heavy atom. The van der Waals surface area contributed by atoms with Crippen LogP contribution < -0.4 is 4.74 Å². The molecule has 0 aliphatic carbocycles. The molecule has 0 spiro atoms. The van der Waals surface area contributed by atoms with Gasteiger partial charge in [0.2, 0.25) is 5.76 Å². The second kappa shape index (κ2) is 6.54. The standard InChI is InChI=1S/C17H12ClNO4/c18-13-3-1-2-11(8-13)10-22-14-6-4-12(5-7-14)15-9-16(17(20)21)23-19-15/h1-9H,10H2,(H,20,21). The monoisotopic (exact) mass is 329 g/mol. The fraction of sp³-hybridized carbons (Fsp3) is 0.0588. The molecule has 116 valence electrons. The first-order chi connectivity index (χ1) is 11.1. The molecule has 6 heteroatoms. The van der Waals surface area contributed by atoms with E-state index in [1.807, 2.05) is 24.3 Å². The molecule has 5 nitrogen and oxygen atoms in total. The molecule has 0 unspecified atom stereocenters. The van der Waals surface area contributed by atoms with E-state index < -0.39 is 5.97 Å². The van der Waals surface area contributed by atoms with Gasteiger partial charge in [0.25, 0.3) is 0 Å². The molecule has 1 heterocycles. The van der Waals surface area contributed by atoms with Crippen LogP contribution in [-0.4, -0.2) is 16.2 Å². The average molecular weight is 330 g/mol. The summed E-state index contributed by atoms with van der Waals surface area (Å²) in [6.45, 7) is 0.410. The van der Waals surface area contributed by atoms with Gasteiger partial charge in [0.15, 0.2) is 0 Å². The summed E-state index contributed by atoms with van der Waals surface area (Å²) in [5.74, 6) is -0.651. The first kappa shape index (κ1) is 15.1. The summed E-state index contributed by atoms with van der Waals surface area (Å²) in [5.41, 5.74) is 2.18. The molecule has 0 bridgehead atoms. The SMILES string of the molecule is O=C(O)c1cc(-c2ccc(OCc3cccc(Cl)c3)cc2)no1. The molecule has 23 heavy (non-hydrogen) atoms. The summed E-state index contributed by atoms with van der Waals surface area (Å²) in [7, 11) is 0. The number of hydrogen-bond acceptors (Lipinski definition) is 4. The summed E-state index contributed by atoms with van der Waals surface area (Å²) in [6, 6.07) is 16.0. The van der Waals surface area contributed by atoms with Crippen molar-refractivity contribution in [2.24, 2.45) is 0 Å². The van der Waals surface area contributed by atoms with Gasteiger partial charge in [0.05, 0.1) is 0 Å². The van der Waals surface area contributed by atoms with Crippen molar-refractivity contribution < 1.29 is 19.2 Å². The number of ether oxygens (including phenoxy) is 1. The lowest BCUT2D eigenvalue weighted by Crippen LogP contribution is -1.95. The Morgan fingerprint density at radius 1 is 1.17 bits per heavy atom. The maximum Gasteiger partial charge on any atom is 0.374 e. The zero-order valence-corrected chi connectivity index (χ0v) is 12.7. The van der Waals surface area contributed by atoms with Gasteiger partial charge >= 0.3 is 5.97 Å². The Kier molecular flexibility index (Phi) is 4.30. The fourth-order valence-electron chi connectivity index (χ4n) is 2.03. The minimum atomic E-state index is -1.15. The number of rotatable bonds is 5. The van der Waals surface area contributed by atoms with Gasteiger partial charge in [0.1, 0.15) is 18.1 Å². The zero-order chi connectivity index (χ0) is 16.2. The van der Waals surface area contributed by atoms with E-state index in [-0.39, 0.29) is 5.76 Å². The third-order valence-corrected chi connectivity index (χ3v) is 3.40. The number of benzene rings is 2. The molecule has 0 aliphatic rings. The number of carboxylic acids is 1. The number of carbonyl (C=O) groups is 1. The molecule has 3 aromatic rings. The smallest absolute Gasteiger partial charge is 0.374 e. The van der Waals surface area contributed by atoms with E-state index in [4.69, 9.17) is 26.0 Å². The molecular weight excluding hydrogens is 318 g/mol. The van der Waals surface area contributed by atoms with Crippen molar-refractivity contribution >= 4 is 17.6 Å².